The quantitative estimate of drug-likeness (QED) is 0.0407. The zero-order valence-corrected chi connectivity index (χ0v) is 38.9. The van der Waals surface area contributed by atoms with Gasteiger partial charge in [-0.15, -0.1) is 0 Å². The molecular weight excluding hydrogens is 819 g/mol. The first-order chi connectivity index (χ1) is 27.2. The molecule has 0 aromatic heterocycles. The Morgan fingerprint density at radius 2 is 1.52 bits per heavy atom. The van der Waals surface area contributed by atoms with Gasteiger partial charge in [-0.25, -0.2) is 8.42 Å². The summed E-state index contributed by atoms with van der Waals surface area (Å²) >= 11 is 0. The molecule has 17 nitrogen and oxygen atoms in total. The van der Waals surface area contributed by atoms with Crippen LogP contribution in [0.25, 0.3) is 0 Å². The fourth-order valence-electron chi connectivity index (χ4n) is 13.7. The average molecular weight is 883 g/mol. The van der Waals surface area contributed by atoms with Gasteiger partial charge in [0.05, 0.1) is 30.5 Å². The molecule has 19 heteroatoms. The number of allylic oxidation sites excluding steroid dienone is 1. The van der Waals surface area contributed by atoms with Crippen molar-refractivity contribution in [2.45, 2.75) is 197 Å². The van der Waals surface area contributed by atoms with Crippen molar-refractivity contribution in [2.75, 3.05) is 6.61 Å². The van der Waals surface area contributed by atoms with Crippen LogP contribution in [0.5, 0.6) is 0 Å². The van der Waals surface area contributed by atoms with Crippen LogP contribution in [0.2, 0.25) is 0 Å². The van der Waals surface area contributed by atoms with E-state index in [4.69, 9.17) is 28.4 Å². The van der Waals surface area contributed by atoms with Crippen molar-refractivity contribution in [1.29, 1.82) is 0 Å². The van der Waals surface area contributed by atoms with Gasteiger partial charge in [-0.1, -0.05) is 39.3 Å². The number of cyclic esters (lactones) is 1. The van der Waals surface area contributed by atoms with Gasteiger partial charge in [0.1, 0.15) is 53.7 Å². The Bertz CT molecular complexity index is 1830. The number of aliphatic hydroxyl groups excluding tert-OH is 5. The predicted octanol–water partition coefficient (Wildman–Crippen LogP) is -1.90. The first-order valence-electron chi connectivity index (χ1n) is 21.2. The maximum Gasteiger partial charge on any atom is 1.00 e. The second-order valence-corrected chi connectivity index (χ2v) is 21.7. The van der Waals surface area contributed by atoms with Crippen molar-refractivity contribution in [3.63, 3.8) is 0 Å². The molecule has 3 unspecified atom stereocenters. The normalized spacial score (nSPS) is 53.2. The molecule has 4 aliphatic carbocycles. The number of rotatable bonds is 7. The number of carbonyl (C=O) groups excluding carboxylic acids is 1. The van der Waals surface area contributed by atoms with Gasteiger partial charge < -0.3 is 63.6 Å². The van der Waals surface area contributed by atoms with Crippen LogP contribution < -0.4 is 29.6 Å². The third kappa shape index (κ3) is 6.66. The van der Waals surface area contributed by atoms with Crippen LogP contribution in [0.3, 0.4) is 0 Å². The van der Waals surface area contributed by atoms with Crippen molar-refractivity contribution >= 4 is 16.4 Å². The molecule has 60 heavy (non-hydrogen) atoms. The van der Waals surface area contributed by atoms with Gasteiger partial charge in [-0.3, -0.25) is 8.98 Å². The first kappa shape index (κ1) is 47.6. The first-order valence-corrected chi connectivity index (χ1v) is 22.5. The van der Waals surface area contributed by atoms with Crippen LogP contribution in [0.4, 0.5) is 0 Å². The largest absolute Gasteiger partial charge is 1.00 e. The van der Waals surface area contributed by atoms with E-state index in [1.54, 1.807) is 6.92 Å². The number of esters is 1. The Labute approximate surface area is 374 Å². The second kappa shape index (κ2) is 15.4. The van der Waals surface area contributed by atoms with E-state index in [1.165, 1.54) is 6.92 Å². The summed E-state index contributed by atoms with van der Waals surface area (Å²) in [7, 11) is -5.29. The molecule has 0 amide bonds. The van der Waals surface area contributed by atoms with E-state index >= 15 is 0 Å². The summed E-state index contributed by atoms with van der Waals surface area (Å²) in [4.78, 5) is 14.5. The Kier molecular flexibility index (Phi) is 12.2. The minimum atomic E-state index is -5.29. The Morgan fingerprint density at radius 1 is 0.833 bits per heavy atom. The van der Waals surface area contributed by atoms with Gasteiger partial charge in [0.15, 0.2) is 18.2 Å². The summed E-state index contributed by atoms with van der Waals surface area (Å²) in [6.07, 6.45) is -10.0. The molecular formula is C41H63NaO17S. The molecule has 0 bridgehead atoms. The molecule has 7 fully saturated rings. The monoisotopic (exact) mass is 882 g/mol. The minimum Gasteiger partial charge on any atom is -0.726 e. The van der Waals surface area contributed by atoms with Gasteiger partial charge in [-0.05, 0) is 107 Å². The van der Waals surface area contributed by atoms with Gasteiger partial charge in [-0.2, -0.15) is 0 Å². The SMILES string of the molecule is C[C@H]1O[C@@H](O[C@H]2[C@H](O[C@H]3CC[C@]4(C)C5=C[C@H](O)C67C(=O)OC(C)(C8CCC(C)(C)O8)[C@@]6(O)CC[C@@]7(C)[C@@H]5CC[C@H]4C3(C)C)OC[C@@H](OS(=O)(=O)[O-])[C@@H]2O)[C@H](O)[C@@H](O)[C@@H]1O.[Na+]. The standard InChI is InChI=1S/C41H64O17S.Na/c1-19-27(43)29(45)30(46)32(53-19)55-31-28(44)22(58-59(49,50)51)18-52-33(31)54-25-12-14-37(6)21-17-24(42)41-34(47)57-39(8,26-11-13-35(2,3)56-26)40(41,48)16-15-38(41,7)20(21)9-10-23(37)36(25,4)5;/h17,19-20,22-33,42-46,48H,9-16,18H2,1-8H3,(H,49,50,51);/q;+1/p-1/t19-,20-,22-,23+,24+,25+,26?,27-,28+,29+,30-,31-,32+,33+,37-,38+,39?,40+,41?;/m1./s1. The molecule has 0 radical (unpaired) electrons. The fraction of sp³-hybridized carbons (Fsp3) is 0.927. The van der Waals surface area contributed by atoms with E-state index in [1.807, 2.05) is 26.8 Å². The van der Waals surface area contributed by atoms with Gasteiger partial charge in [0, 0.05) is 0 Å². The minimum absolute atomic E-state index is 0. The number of hydrogen-bond donors (Lipinski definition) is 6. The van der Waals surface area contributed by atoms with Gasteiger partial charge >= 0.3 is 35.5 Å². The van der Waals surface area contributed by atoms with E-state index in [-0.39, 0.29) is 47.8 Å². The van der Waals surface area contributed by atoms with E-state index in [2.05, 4.69) is 25.0 Å². The van der Waals surface area contributed by atoms with Crippen LogP contribution in [0.1, 0.15) is 107 Å². The van der Waals surface area contributed by atoms with Crippen molar-refractivity contribution in [1.82, 2.24) is 0 Å². The Hall–Kier alpha value is -0.360. The summed E-state index contributed by atoms with van der Waals surface area (Å²) in [6, 6.07) is 0. The molecule has 0 aromatic carbocycles. The third-order valence-electron chi connectivity index (χ3n) is 16.9. The number of hydrogen-bond acceptors (Lipinski definition) is 17. The van der Waals surface area contributed by atoms with Crippen LogP contribution in [0.15, 0.2) is 11.6 Å². The third-order valence-corrected chi connectivity index (χ3v) is 17.4. The molecule has 19 atom stereocenters. The van der Waals surface area contributed by atoms with E-state index in [0.717, 1.165) is 12.0 Å². The summed E-state index contributed by atoms with van der Waals surface area (Å²) in [5.41, 5.74) is -5.93. The molecule has 0 aromatic rings. The summed E-state index contributed by atoms with van der Waals surface area (Å²) in [5, 5.41) is 68.1. The summed E-state index contributed by atoms with van der Waals surface area (Å²) in [6.45, 7) is 15.0. The molecule has 4 saturated heterocycles. The Morgan fingerprint density at radius 3 is 2.15 bits per heavy atom. The second-order valence-electron chi connectivity index (χ2n) is 20.7. The molecule has 8 rings (SSSR count). The topological polar surface area (TPSA) is 260 Å². The zero-order valence-electron chi connectivity index (χ0n) is 36.1. The molecule has 6 N–H and O–H groups in total. The molecule has 8 aliphatic rings. The van der Waals surface area contributed by atoms with Crippen LogP contribution >= 0.6 is 0 Å². The number of aliphatic hydroxyl groups is 6. The molecule has 1 spiro atoms. The molecule has 336 valence electrons. The zero-order chi connectivity index (χ0) is 43.3. The molecule has 3 saturated carbocycles. The maximum absolute atomic E-state index is 14.5. The predicted molar refractivity (Wildman–Crippen MR) is 201 cm³/mol. The number of fused-ring (bicyclic) bond motifs is 4. The van der Waals surface area contributed by atoms with Crippen molar-refractivity contribution in [3.8, 4) is 0 Å². The fourth-order valence-corrected chi connectivity index (χ4v) is 14.2. The number of carbonyl (C=O) groups is 1. The molecule has 4 aliphatic heterocycles. The Balaban J connectivity index is 0.00000544. The van der Waals surface area contributed by atoms with Crippen LogP contribution in [0, 0.1) is 33.5 Å². The summed E-state index contributed by atoms with van der Waals surface area (Å²) < 4.78 is 76.1. The molecule has 4 heterocycles. The van der Waals surface area contributed by atoms with Gasteiger partial charge in [0.25, 0.3) is 0 Å². The van der Waals surface area contributed by atoms with E-state index in [0.29, 0.717) is 38.5 Å². The van der Waals surface area contributed by atoms with Gasteiger partial charge in [0.2, 0.25) is 10.4 Å². The summed E-state index contributed by atoms with van der Waals surface area (Å²) in [5.74, 6) is -0.763. The average Bonchev–Trinajstić information content (AvgIpc) is 3.70. The maximum atomic E-state index is 14.5. The van der Waals surface area contributed by atoms with Crippen LogP contribution in [-0.4, -0.2) is 147 Å². The van der Waals surface area contributed by atoms with Crippen molar-refractivity contribution < 1.29 is 111 Å². The number of ether oxygens (including phenoxy) is 6. The van der Waals surface area contributed by atoms with Crippen molar-refractivity contribution in [2.24, 2.45) is 33.5 Å². The van der Waals surface area contributed by atoms with E-state index in [9.17, 15) is 48.4 Å². The van der Waals surface area contributed by atoms with Crippen LogP contribution in [-0.2, 0) is 47.8 Å². The van der Waals surface area contributed by atoms with Crippen molar-refractivity contribution in [3.05, 3.63) is 11.6 Å². The van der Waals surface area contributed by atoms with E-state index < -0.39 is 135 Å². The smallest absolute Gasteiger partial charge is 0.726 e.